The van der Waals surface area contributed by atoms with Crippen molar-refractivity contribution in [2.24, 2.45) is 0 Å². The van der Waals surface area contributed by atoms with Crippen LogP contribution in [-0.2, 0) is 11.2 Å². The van der Waals surface area contributed by atoms with Gasteiger partial charge in [-0.25, -0.2) is 4.98 Å². The summed E-state index contributed by atoms with van der Waals surface area (Å²) in [6.45, 7) is 0. The lowest BCUT2D eigenvalue weighted by Gasteiger charge is -2.09. The number of methoxy groups -OCH3 is 1. The molecule has 5 nitrogen and oxygen atoms in total. The number of hydrogen-bond donors (Lipinski definition) is 1. The predicted octanol–water partition coefficient (Wildman–Crippen LogP) is 3.79. The van der Waals surface area contributed by atoms with E-state index >= 15 is 0 Å². The fourth-order valence-electron chi connectivity index (χ4n) is 2.24. The average Bonchev–Trinajstić information content (AvgIpc) is 3.10. The van der Waals surface area contributed by atoms with Crippen LogP contribution in [0.3, 0.4) is 0 Å². The highest BCUT2D eigenvalue weighted by Gasteiger charge is 2.10. The molecule has 0 atom stereocenters. The van der Waals surface area contributed by atoms with Gasteiger partial charge >= 0.3 is 0 Å². The molecule has 1 aromatic carbocycles. The van der Waals surface area contributed by atoms with Gasteiger partial charge in [0, 0.05) is 24.4 Å². The van der Waals surface area contributed by atoms with Gasteiger partial charge in [0.25, 0.3) is 0 Å². The summed E-state index contributed by atoms with van der Waals surface area (Å²) in [5, 5.41) is 5.76. The predicted molar refractivity (Wildman–Crippen MR) is 95.3 cm³/mol. The first-order chi connectivity index (χ1) is 11.8. The van der Waals surface area contributed by atoms with Crippen LogP contribution in [0.4, 0.5) is 5.69 Å². The lowest BCUT2D eigenvalue weighted by Crippen LogP contribution is -2.13. The second-order valence-corrected chi connectivity index (χ2v) is 6.03. The van der Waals surface area contributed by atoms with Crippen LogP contribution in [-0.4, -0.2) is 23.0 Å². The molecule has 0 spiro atoms. The zero-order chi connectivity index (χ0) is 16.8. The van der Waals surface area contributed by atoms with Crippen LogP contribution < -0.4 is 10.1 Å². The number of nitrogens with zero attached hydrogens (tertiary/aromatic N) is 2. The fourth-order valence-corrected chi connectivity index (χ4v) is 3.03. The Kier molecular flexibility index (Phi) is 5.18. The van der Waals surface area contributed by atoms with Gasteiger partial charge in [0.05, 0.1) is 29.2 Å². The van der Waals surface area contributed by atoms with Gasteiger partial charge in [0.15, 0.2) is 0 Å². The number of anilines is 1. The van der Waals surface area contributed by atoms with Crippen LogP contribution in [0.1, 0.15) is 11.4 Å². The smallest absolute Gasteiger partial charge is 0.224 e. The van der Waals surface area contributed by atoms with Crippen LogP contribution in [0.25, 0.3) is 11.4 Å². The summed E-state index contributed by atoms with van der Waals surface area (Å²) < 4.78 is 5.23. The Morgan fingerprint density at radius 3 is 2.79 bits per heavy atom. The third-order valence-corrected chi connectivity index (χ3v) is 4.33. The van der Waals surface area contributed by atoms with Gasteiger partial charge in [-0.3, -0.25) is 9.78 Å². The topological polar surface area (TPSA) is 64.1 Å². The van der Waals surface area contributed by atoms with E-state index in [1.165, 1.54) is 0 Å². The Hall–Kier alpha value is -2.73. The highest BCUT2D eigenvalue weighted by atomic mass is 32.1. The molecule has 0 aliphatic rings. The third kappa shape index (κ3) is 3.97. The first kappa shape index (κ1) is 16.1. The number of pyridine rings is 1. The number of aromatic nitrogens is 2. The minimum atomic E-state index is -0.0610. The highest BCUT2D eigenvalue weighted by Crippen LogP contribution is 2.24. The molecule has 0 saturated carbocycles. The van der Waals surface area contributed by atoms with E-state index in [1.54, 1.807) is 24.6 Å². The van der Waals surface area contributed by atoms with E-state index in [2.05, 4.69) is 15.3 Å². The van der Waals surface area contributed by atoms with Gasteiger partial charge in [-0.05, 0) is 24.3 Å². The van der Waals surface area contributed by atoms with Gasteiger partial charge in [0.1, 0.15) is 5.75 Å². The van der Waals surface area contributed by atoms with Crippen LogP contribution in [0, 0.1) is 0 Å². The molecule has 0 aliphatic heterocycles. The molecule has 0 saturated heterocycles. The number of nitrogens with one attached hydrogen (secondary N) is 1. The first-order valence-corrected chi connectivity index (χ1v) is 8.43. The molecule has 2 heterocycles. The van der Waals surface area contributed by atoms with Crippen molar-refractivity contribution in [2.45, 2.75) is 12.8 Å². The SMILES string of the molecule is COc1ccccc1NC(=O)CCc1nc(-c2ccccn2)cs1. The Morgan fingerprint density at radius 2 is 2.00 bits per heavy atom. The summed E-state index contributed by atoms with van der Waals surface area (Å²) in [6, 6.07) is 13.1. The van der Waals surface area contributed by atoms with Gasteiger partial charge in [-0.2, -0.15) is 0 Å². The summed E-state index contributed by atoms with van der Waals surface area (Å²) in [5.74, 6) is 0.589. The number of rotatable bonds is 6. The minimum Gasteiger partial charge on any atom is -0.495 e. The zero-order valence-electron chi connectivity index (χ0n) is 13.2. The number of thiazole rings is 1. The molecule has 24 heavy (non-hydrogen) atoms. The molecule has 0 radical (unpaired) electrons. The summed E-state index contributed by atoms with van der Waals surface area (Å²) in [5.41, 5.74) is 2.37. The maximum Gasteiger partial charge on any atom is 0.224 e. The van der Waals surface area contributed by atoms with E-state index in [4.69, 9.17) is 4.74 Å². The Balaban J connectivity index is 1.58. The molecule has 0 unspecified atom stereocenters. The molecule has 2 aromatic heterocycles. The second-order valence-electron chi connectivity index (χ2n) is 5.09. The van der Waals surface area contributed by atoms with Crippen LogP contribution >= 0.6 is 11.3 Å². The first-order valence-electron chi connectivity index (χ1n) is 7.55. The zero-order valence-corrected chi connectivity index (χ0v) is 14.0. The van der Waals surface area contributed by atoms with E-state index in [9.17, 15) is 4.79 Å². The van der Waals surface area contributed by atoms with Crippen molar-refractivity contribution in [1.82, 2.24) is 9.97 Å². The summed E-state index contributed by atoms with van der Waals surface area (Å²) in [4.78, 5) is 21.0. The van der Waals surface area contributed by atoms with Gasteiger partial charge < -0.3 is 10.1 Å². The number of para-hydroxylation sites is 2. The van der Waals surface area contributed by atoms with Crippen molar-refractivity contribution >= 4 is 22.9 Å². The van der Waals surface area contributed by atoms with Crippen molar-refractivity contribution in [3.05, 3.63) is 59.0 Å². The fraction of sp³-hybridized carbons (Fsp3) is 0.167. The van der Waals surface area contributed by atoms with Crippen molar-refractivity contribution in [3.63, 3.8) is 0 Å². The van der Waals surface area contributed by atoms with Crippen LogP contribution in [0.5, 0.6) is 5.75 Å². The lowest BCUT2D eigenvalue weighted by molar-refractivity contribution is -0.116. The molecule has 0 aliphatic carbocycles. The van der Waals surface area contributed by atoms with Gasteiger partial charge in [-0.15, -0.1) is 11.3 Å². The van der Waals surface area contributed by atoms with E-state index in [1.807, 2.05) is 47.8 Å². The number of amides is 1. The Labute approximate surface area is 144 Å². The molecule has 6 heteroatoms. The number of hydrogen-bond acceptors (Lipinski definition) is 5. The summed E-state index contributed by atoms with van der Waals surface area (Å²) >= 11 is 1.54. The quantitative estimate of drug-likeness (QED) is 0.742. The van der Waals surface area contributed by atoms with Gasteiger partial charge in [0.2, 0.25) is 5.91 Å². The monoisotopic (exact) mass is 339 g/mol. The number of benzene rings is 1. The second kappa shape index (κ2) is 7.70. The van der Waals surface area contributed by atoms with Crippen molar-refractivity contribution < 1.29 is 9.53 Å². The van der Waals surface area contributed by atoms with Gasteiger partial charge in [-0.1, -0.05) is 18.2 Å². The highest BCUT2D eigenvalue weighted by molar-refractivity contribution is 7.09. The number of carbonyl (C=O) groups is 1. The van der Waals surface area contributed by atoms with E-state index in [-0.39, 0.29) is 5.91 Å². The number of ether oxygens (including phenoxy) is 1. The average molecular weight is 339 g/mol. The van der Waals surface area contributed by atoms with E-state index in [0.29, 0.717) is 24.3 Å². The van der Waals surface area contributed by atoms with E-state index in [0.717, 1.165) is 16.4 Å². The van der Waals surface area contributed by atoms with Crippen molar-refractivity contribution in [3.8, 4) is 17.1 Å². The Morgan fingerprint density at radius 1 is 1.17 bits per heavy atom. The largest absolute Gasteiger partial charge is 0.495 e. The third-order valence-electron chi connectivity index (χ3n) is 3.43. The van der Waals surface area contributed by atoms with Crippen molar-refractivity contribution in [1.29, 1.82) is 0 Å². The molecule has 3 rings (SSSR count). The lowest BCUT2D eigenvalue weighted by atomic mass is 10.2. The minimum absolute atomic E-state index is 0.0610. The van der Waals surface area contributed by atoms with E-state index < -0.39 is 0 Å². The maximum atomic E-state index is 12.1. The normalized spacial score (nSPS) is 10.4. The van der Waals surface area contributed by atoms with Crippen LogP contribution in [0.2, 0.25) is 0 Å². The molecule has 1 N–H and O–H groups in total. The molecular weight excluding hydrogens is 322 g/mol. The standard InChI is InChI=1S/C18H17N3O2S/c1-23-16-8-3-2-7-14(16)20-17(22)9-10-18-21-15(12-24-18)13-6-4-5-11-19-13/h2-8,11-12H,9-10H2,1H3,(H,20,22). The van der Waals surface area contributed by atoms with Crippen molar-refractivity contribution in [2.75, 3.05) is 12.4 Å². The number of aryl methyl sites for hydroxylation is 1. The summed E-state index contributed by atoms with van der Waals surface area (Å²) in [6.07, 6.45) is 2.71. The molecule has 0 bridgehead atoms. The summed E-state index contributed by atoms with van der Waals surface area (Å²) in [7, 11) is 1.58. The molecule has 3 aromatic rings. The molecule has 122 valence electrons. The molecular formula is C18H17N3O2S. The van der Waals surface area contributed by atoms with Crippen LogP contribution in [0.15, 0.2) is 54.0 Å². The number of carbonyl (C=O) groups excluding carboxylic acids is 1. The molecule has 1 amide bonds. The maximum absolute atomic E-state index is 12.1. The molecule has 0 fully saturated rings. The Bertz CT molecular complexity index is 818.